The minimum Gasteiger partial charge on any atom is -0.506 e. The van der Waals surface area contributed by atoms with E-state index in [9.17, 15) is 4.79 Å². The summed E-state index contributed by atoms with van der Waals surface area (Å²) in [6.07, 6.45) is 12.9. The summed E-state index contributed by atoms with van der Waals surface area (Å²) in [7, 11) is 2.52. The van der Waals surface area contributed by atoms with E-state index in [1.807, 2.05) is 12.1 Å². The molecule has 0 saturated carbocycles. The van der Waals surface area contributed by atoms with E-state index in [0.717, 1.165) is 11.5 Å². The molecule has 0 aliphatic heterocycles. The van der Waals surface area contributed by atoms with Crippen molar-refractivity contribution in [1.29, 1.82) is 1.28 Å². The molecular weight excluding hydrogens is 678 g/mol. The van der Waals surface area contributed by atoms with Gasteiger partial charge in [0.2, 0.25) is 0 Å². The molecule has 6 N–H and O–H groups in total. The van der Waals surface area contributed by atoms with Crippen LogP contribution in [-0.4, -0.2) is 126 Å². The zero-order valence-electron chi connectivity index (χ0n) is 28.3. The summed E-state index contributed by atoms with van der Waals surface area (Å²) in [4.78, 5) is 24.4. The molecule has 49 heavy (non-hydrogen) atoms. The number of H-pyrrole nitrogens is 1. The highest BCUT2D eigenvalue weighted by Gasteiger charge is 1.92. The van der Waals surface area contributed by atoms with Crippen LogP contribution < -0.4 is 14.9 Å². The molecule has 15 nitrogen and oxygen atoms in total. The maximum atomic E-state index is 10.2. The van der Waals surface area contributed by atoms with Crippen LogP contribution in [0.2, 0.25) is 0 Å². The smallest absolute Gasteiger partial charge is 0.181 e. The standard InChI is InChI=1S/2C9H13NO3.2C5H5NO.C4H10O3.H4P2/c11-5-6-12-7-8-13-9-1-3-10-4-2-9;11-4-5-12-6-7-13-9-2-1-3-10-8-9;7-5-1-3-6-4-2-5;7-5-2-1-3-6-4-5;5-1-3-7-4-2-6;1-2/h1-4,11H,5-8H2;1-3,8,11H,4-7H2;1-4H,(H,6,7);1-4,7H;5-6H,1-4H2;1-2H2/i;;;;;1T. The van der Waals surface area contributed by atoms with Gasteiger partial charge in [0, 0.05) is 49.3 Å². The van der Waals surface area contributed by atoms with E-state index < -0.39 is 0 Å². The molecule has 0 radical (unpaired) electrons. The number of hydrogen-bond acceptors (Lipinski definition) is 14. The lowest BCUT2D eigenvalue weighted by Gasteiger charge is -2.05. The highest BCUT2D eigenvalue weighted by atomic mass is 32.0. The molecule has 274 valence electrons. The van der Waals surface area contributed by atoms with Crippen molar-refractivity contribution in [2.24, 2.45) is 0 Å². The predicted molar refractivity (Wildman–Crippen MR) is 193 cm³/mol. The molecule has 4 aromatic rings. The molecule has 0 bridgehead atoms. The molecule has 0 aliphatic rings. The number of aromatic hydroxyl groups is 1. The maximum Gasteiger partial charge on any atom is 0.181 e. The van der Waals surface area contributed by atoms with Crippen molar-refractivity contribution < 1.29 is 49.2 Å². The van der Waals surface area contributed by atoms with Crippen LogP contribution in [-0.2, 0) is 14.2 Å². The van der Waals surface area contributed by atoms with Crippen molar-refractivity contribution in [2.75, 3.05) is 79.3 Å². The van der Waals surface area contributed by atoms with Crippen molar-refractivity contribution >= 4 is 17.8 Å². The second kappa shape index (κ2) is 40.6. The Bertz CT molecular complexity index is 1180. The Kier molecular flexibility index (Phi) is 37.6. The second-order valence-electron chi connectivity index (χ2n) is 8.25. The first kappa shape index (κ1) is 45.4. The lowest BCUT2D eigenvalue weighted by Crippen LogP contribution is -2.09. The molecule has 4 heterocycles. The Morgan fingerprint density at radius 1 is 0.612 bits per heavy atom. The molecule has 0 aromatic carbocycles. The molecule has 0 amide bonds. The van der Waals surface area contributed by atoms with Gasteiger partial charge in [0.1, 0.15) is 30.5 Å². The molecular formula is C32H50N4O11P2. The summed E-state index contributed by atoms with van der Waals surface area (Å²) in [6.45, 7) is 3.45. The van der Waals surface area contributed by atoms with Gasteiger partial charge in [-0.1, -0.05) is 0 Å². The number of aromatic amines is 1. The fourth-order valence-corrected chi connectivity index (χ4v) is 2.59. The minimum atomic E-state index is 0.0278. The first-order valence-corrected chi connectivity index (χ1v) is 17.1. The predicted octanol–water partition coefficient (Wildman–Crippen LogP) is 1.74. The average molecular weight is 731 g/mol. The first-order valence-electron chi connectivity index (χ1n) is 15.3. The number of hydrogen-bond donors (Lipinski definition) is 6. The van der Waals surface area contributed by atoms with E-state index in [1.54, 1.807) is 67.6 Å². The largest absolute Gasteiger partial charge is 0.506 e. The van der Waals surface area contributed by atoms with Crippen molar-refractivity contribution in [3.05, 3.63) is 108 Å². The molecule has 17 heteroatoms. The van der Waals surface area contributed by atoms with E-state index in [4.69, 9.17) is 45.8 Å². The van der Waals surface area contributed by atoms with Crippen LogP contribution >= 0.6 is 17.8 Å². The van der Waals surface area contributed by atoms with Gasteiger partial charge in [-0.3, -0.25) is 19.7 Å². The average Bonchev–Trinajstić information content (AvgIpc) is 3.15. The normalized spacial score (nSPS) is 9.69. The molecule has 4 aromatic heterocycles. The van der Waals surface area contributed by atoms with Crippen LogP contribution in [0.4, 0.5) is 0 Å². The Morgan fingerprint density at radius 2 is 1.08 bits per heavy atom. The number of rotatable bonds is 16. The van der Waals surface area contributed by atoms with Gasteiger partial charge in [0.15, 0.2) is 5.43 Å². The number of ether oxygens (including phenoxy) is 5. The Labute approximate surface area is 292 Å². The molecule has 2 atom stereocenters. The number of aromatic nitrogens is 4. The topological polar surface area (TPSA) is 219 Å². The van der Waals surface area contributed by atoms with E-state index in [2.05, 4.69) is 33.6 Å². The third kappa shape index (κ3) is 37.1. The number of pyridine rings is 4. The van der Waals surface area contributed by atoms with E-state index in [0.29, 0.717) is 52.9 Å². The van der Waals surface area contributed by atoms with Crippen molar-refractivity contribution in [1.82, 2.24) is 19.9 Å². The van der Waals surface area contributed by atoms with E-state index >= 15 is 0 Å². The van der Waals surface area contributed by atoms with Crippen LogP contribution in [0.5, 0.6) is 17.2 Å². The number of aliphatic hydroxyl groups is 4. The monoisotopic (exact) mass is 730 g/mol. The van der Waals surface area contributed by atoms with Gasteiger partial charge in [-0.2, -0.15) is 0 Å². The fraction of sp³-hybridized carbons (Fsp3) is 0.375. The quantitative estimate of drug-likeness (QED) is 0.0715. The summed E-state index contributed by atoms with van der Waals surface area (Å²) in [6, 6.07) is 13.4. The third-order valence-corrected chi connectivity index (χ3v) is 4.55. The van der Waals surface area contributed by atoms with Crippen LogP contribution in [0.15, 0.2) is 103 Å². The highest BCUT2D eigenvalue weighted by molar-refractivity contribution is 7.92. The third-order valence-electron chi connectivity index (χ3n) is 4.55. The molecule has 0 aliphatic carbocycles. The van der Waals surface area contributed by atoms with Crippen LogP contribution in [0.1, 0.15) is 0 Å². The summed E-state index contributed by atoms with van der Waals surface area (Å²) in [5.74, 6) is 1.72. The van der Waals surface area contributed by atoms with Crippen LogP contribution in [0, 0.1) is 0 Å². The lowest BCUT2D eigenvalue weighted by atomic mass is 10.4. The van der Waals surface area contributed by atoms with Gasteiger partial charge >= 0.3 is 0 Å². The number of aliphatic hydroxyl groups excluding tert-OH is 4. The zero-order valence-corrected chi connectivity index (χ0v) is 29.5. The van der Waals surface area contributed by atoms with Gasteiger partial charge < -0.3 is 54.2 Å². The molecule has 0 spiro atoms. The Balaban J connectivity index is 0. The summed E-state index contributed by atoms with van der Waals surface area (Å²) in [5, 5.41) is 41.6. The number of nitrogens with one attached hydrogen (secondary N) is 1. The Morgan fingerprint density at radius 3 is 1.45 bits per heavy atom. The first-order chi connectivity index (χ1) is 24.5. The molecule has 0 saturated heterocycles. The van der Waals surface area contributed by atoms with Gasteiger partial charge in [-0.25, -0.2) is 0 Å². The molecule has 4 rings (SSSR count). The second-order valence-corrected chi connectivity index (χ2v) is 8.25. The van der Waals surface area contributed by atoms with Gasteiger partial charge in [-0.05, 0) is 36.4 Å². The summed E-state index contributed by atoms with van der Waals surface area (Å²) >= 11 is 0. The van der Waals surface area contributed by atoms with Crippen molar-refractivity contribution in [3.8, 4) is 17.2 Å². The van der Waals surface area contributed by atoms with Crippen molar-refractivity contribution in [2.45, 2.75) is 0 Å². The number of nitrogens with zero attached hydrogens (tertiary/aromatic N) is 3. The van der Waals surface area contributed by atoms with Gasteiger partial charge in [0.05, 0.1) is 79.7 Å². The molecule has 0 fully saturated rings. The highest BCUT2D eigenvalue weighted by Crippen LogP contribution is 2.06. The van der Waals surface area contributed by atoms with Crippen LogP contribution in [0.25, 0.3) is 0 Å². The molecule has 2 unspecified atom stereocenters. The van der Waals surface area contributed by atoms with Gasteiger partial charge in [-0.15, -0.1) is 17.8 Å². The minimum absolute atomic E-state index is 0.0278. The SMILES string of the molecule is O=c1cc[nH]cc1.OCCOCCO.OCCOCCOc1cccnc1.OCCOCCOc1ccncc1.Oc1cccnc1.[3H]PP. The maximum absolute atomic E-state index is 10.2. The fourth-order valence-electron chi connectivity index (χ4n) is 2.59. The lowest BCUT2D eigenvalue weighted by molar-refractivity contribution is 0.0650. The van der Waals surface area contributed by atoms with Gasteiger partial charge in [0.25, 0.3) is 0 Å². The zero-order chi connectivity index (χ0) is 37.2. The summed E-state index contributed by atoms with van der Waals surface area (Å²) in [5.41, 5.74) is 0.0405. The summed E-state index contributed by atoms with van der Waals surface area (Å²) < 4.78 is 31.4. The Hall–Kier alpha value is -3.62. The van der Waals surface area contributed by atoms with Crippen LogP contribution in [0.3, 0.4) is 0 Å². The van der Waals surface area contributed by atoms with E-state index in [-0.39, 0.29) is 46.5 Å². The van der Waals surface area contributed by atoms with Crippen molar-refractivity contribution in [3.63, 3.8) is 0 Å². The van der Waals surface area contributed by atoms with E-state index in [1.165, 1.54) is 18.3 Å².